The van der Waals surface area contributed by atoms with Crippen molar-refractivity contribution in [3.05, 3.63) is 29.5 Å². The van der Waals surface area contributed by atoms with Crippen LogP contribution in [0.3, 0.4) is 0 Å². The second kappa shape index (κ2) is 7.17. The molecule has 6 heteroatoms. The number of hydrogen-bond donors (Lipinski definition) is 3. The molecule has 0 radical (unpaired) electrons. The van der Waals surface area contributed by atoms with Crippen molar-refractivity contribution >= 4 is 22.8 Å². The summed E-state index contributed by atoms with van der Waals surface area (Å²) in [6.45, 7) is 4.10. The zero-order valence-corrected chi connectivity index (χ0v) is 13.6. The molecule has 2 rings (SSSR count). The number of aromatic nitrogens is 1. The van der Waals surface area contributed by atoms with Crippen molar-refractivity contribution in [3.63, 3.8) is 0 Å². The molecule has 3 N–H and O–H groups in total. The number of ether oxygens (including phenoxy) is 1. The predicted octanol–water partition coefficient (Wildman–Crippen LogP) is 2.93. The minimum Gasteiger partial charge on any atom is -0.497 e. The molecule has 1 heterocycles. The van der Waals surface area contributed by atoms with Gasteiger partial charge in [-0.3, -0.25) is 4.79 Å². The number of methoxy groups -OCH3 is 1. The van der Waals surface area contributed by atoms with E-state index in [2.05, 4.69) is 10.3 Å². The summed E-state index contributed by atoms with van der Waals surface area (Å²) in [5.41, 5.74) is 1.36. The Morgan fingerprint density at radius 1 is 1.30 bits per heavy atom. The minimum atomic E-state index is -1.05. The summed E-state index contributed by atoms with van der Waals surface area (Å²) in [6, 6.07) is 5.31. The summed E-state index contributed by atoms with van der Waals surface area (Å²) in [5.74, 6) is -0.514. The van der Waals surface area contributed by atoms with Gasteiger partial charge in [0, 0.05) is 28.9 Å². The summed E-state index contributed by atoms with van der Waals surface area (Å²) in [4.78, 5) is 26.5. The van der Waals surface area contributed by atoms with Crippen LogP contribution in [0.5, 0.6) is 5.75 Å². The van der Waals surface area contributed by atoms with Crippen LogP contribution in [0, 0.1) is 5.92 Å². The fraction of sp³-hybridized carbons (Fsp3) is 0.412. The Kier molecular flexibility index (Phi) is 5.26. The lowest BCUT2D eigenvalue weighted by Gasteiger charge is -2.13. The summed E-state index contributed by atoms with van der Waals surface area (Å²) in [7, 11) is 1.56. The standard InChI is InChI=1S/C17H22N2O4/c1-4-10(5-2)16(20)18-9-13-12-8-11(23-3)6-7-14(12)19-15(13)17(21)22/h6-8,10,19H,4-5,9H2,1-3H3,(H,18,20)(H,21,22). The van der Waals surface area contributed by atoms with Crippen molar-refractivity contribution in [1.82, 2.24) is 10.3 Å². The Labute approximate surface area is 134 Å². The second-order valence-corrected chi connectivity index (χ2v) is 5.43. The Bertz CT molecular complexity index is 717. The van der Waals surface area contributed by atoms with Crippen molar-refractivity contribution in [2.24, 2.45) is 5.92 Å². The van der Waals surface area contributed by atoms with Gasteiger partial charge in [0.05, 0.1) is 7.11 Å². The topological polar surface area (TPSA) is 91.4 Å². The number of carboxylic acid groups (broad SMARTS) is 1. The highest BCUT2D eigenvalue weighted by atomic mass is 16.5. The Morgan fingerprint density at radius 2 is 2.00 bits per heavy atom. The molecule has 6 nitrogen and oxygen atoms in total. The van der Waals surface area contributed by atoms with E-state index in [9.17, 15) is 14.7 Å². The molecule has 0 saturated heterocycles. The van der Waals surface area contributed by atoms with Crippen LogP contribution in [0.4, 0.5) is 0 Å². The van der Waals surface area contributed by atoms with Gasteiger partial charge in [0.25, 0.3) is 0 Å². The summed E-state index contributed by atoms with van der Waals surface area (Å²) in [5, 5.41) is 13.0. The van der Waals surface area contributed by atoms with E-state index in [1.165, 1.54) is 0 Å². The number of rotatable bonds is 7. The quantitative estimate of drug-likeness (QED) is 0.732. The molecular formula is C17H22N2O4. The maximum absolute atomic E-state index is 12.1. The second-order valence-electron chi connectivity index (χ2n) is 5.43. The number of carbonyl (C=O) groups is 2. The van der Waals surface area contributed by atoms with E-state index in [1.54, 1.807) is 25.3 Å². The van der Waals surface area contributed by atoms with E-state index in [4.69, 9.17) is 4.74 Å². The lowest BCUT2D eigenvalue weighted by Crippen LogP contribution is -2.30. The third-order valence-corrected chi connectivity index (χ3v) is 4.12. The zero-order valence-electron chi connectivity index (χ0n) is 13.6. The Morgan fingerprint density at radius 3 is 2.57 bits per heavy atom. The molecule has 0 unspecified atom stereocenters. The highest BCUT2D eigenvalue weighted by Gasteiger charge is 2.20. The maximum Gasteiger partial charge on any atom is 0.352 e. The third kappa shape index (κ3) is 3.47. The molecule has 0 atom stereocenters. The molecule has 0 aliphatic carbocycles. The maximum atomic E-state index is 12.1. The van der Waals surface area contributed by atoms with E-state index in [1.807, 2.05) is 13.8 Å². The van der Waals surface area contributed by atoms with E-state index in [-0.39, 0.29) is 24.1 Å². The molecule has 0 fully saturated rings. The van der Waals surface area contributed by atoms with Gasteiger partial charge in [0.15, 0.2) is 0 Å². The van der Waals surface area contributed by atoms with Gasteiger partial charge < -0.3 is 20.1 Å². The monoisotopic (exact) mass is 318 g/mol. The summed E-state index contributed by atoms with van der Waals surface area (Å²) in [6.07, 6.45) is 1.52. The van der Waals surface area contributed by atoms with Gasteiger partial charge in [-0.1, -0.05) is 13.8 Å². The van der Waals surface area contributed by atoms with E-state index in [0.29, 0.717) is 16.8 Å². The SMILES string of the molecule is CCC(CC)C(=O)NCc1c(C(=O)O)[nH]c2ccc(OC)cc12. The van der Waals surface area contributed by atoms with Crippen molar-refractivity contribution in [2.75, 3.05) is 7.11 Å². The number of hydrogen-bond acceptors (Lipinski definition) is 3. The van der Waals surface area contributed by atoms with Gasteiger partial charge in [-0.25, -0.2) is 4.79 Å². The van der Waals surface area contributed by atoms with Gasteiger partial charge in [-0.05, 0) is 31.0 Å². The normalized spacial score (nSPS) is 11.0. The molecule has 124 valence electrons. The number of benzene rings is 1. The van der Waals surface area contributed by atoms with Crippen LogP contribution in [0.2, 0.25) is 0 Å². The first-order chi connectivity index (χ1) is 11.0. The van der Waals surface area contributed by atoms with E-state index >= 15 is 0 Å². The molecule has 1 amide bonds. The number of amides is 1. The fourth-order valence-corrected chi connectivity index (χ4v) is 2.70. The number of aromatic carboxylic acids is 1. The number of aromatic amines is 1. The third-order valence-electron chi connectivity index (χ3n) is 4.12. The molecule has 0 aliphatic rings. The molecule has 23 heavy (non-hydrogen) atoms. The lowest BCUT2D eigenvalue weighted by atomic mass is 10.0. The first kappa shape index (κ1) is 16.9. The number of carboxylic acids is 1. The molecule has 0 saturated carbocycles. The molecule has 0 spiro atoms. The molecular weight excluding hydrogens is 296 g/mol. The molecule has 2 aromatic rings. The number of fused-ring (bicyclic) bond motifs is 1. The summed E-state index contributed by atoms with van der Waals surface area (Å²) >= 11 is 0. The Balaban J connectivity index is 2.35. The number of carbonyl (C=O) groups excluding carboxylic acids is 1. The number of H-pyrrole nitrogens is 1. The largest absolute Gasteiger partial charge is 0.497 e. The van der Waals surface area contributed by atoms with Crippen molar-refractivity contribution in [2.45, 2.75) is 33.2 Å². The van der Waals surface area contributed by atoms with Gasteiger partial charge >= 0.3 is 5.97 Å². The van der Waals surface area contributed by atoms with Crippen molar-refractivity contribution in [1.29, 1.82) is 0 Å². The van der Waals surface area contributed by atoms with Crippen molar-refractivity contribution in [3.8, 4) is 5.75 Å². The van der Waals surface area contributed by atoms with Gasteiger partial charge in [-0.2, -0.15) is 0 Å². The highest BCUT2D eigenvalue weighted by molar-refractivity contribution is 5.98. The van der Waals surface area contributed by atoms with Crippen LogP contribution in [0.15, 0.2) is 18.2 Å². The van der Waals surface area contributed by atoms with E-state index < -0.39 is 5.97 Å². The predicted molar refractivity (Wildman–Crippen MR) is 87.7 cm³/mol. The Hall–Kier alpha value is -2.50. The van der Waals surface area contributed by atoms with Crippen LogP contribution in [0.25, 0.3) is 10.9 Å². The average molecular weight is 318 g/mol. The fourth-order valence-electron chi connectivity index (χ4n) is 2.70. The lowest BCUT2D eigenvalue weighted by molar-refractivity contribution is -0.125. The number of nitrogens with one attached hydrogen (secondary N) is 2. The van der Waals surface area contributed by atoms with Gasteiger partial charge in [0.1, 0.15) is 11.4 Å². The summed E-state index contributed by atoms with van der Waals surface area (Å²) < 4.78 is 5.20. The van der Waals surface area contributed by atoms with Crippen molar-refractivity contribution < 1.29 is 19.4 Å². The van der Waals surface area contributed by atoms with Crippen LogP contribution < -0.4 is 10.1 Å². The van der Waals surface area contributed by atoms with Gasteiger partial charge in [0.2, 0.25) is 5.91 Å². The average Bonchev–Trinajstić information content (AvgIpc) is 2.91. The van der Waals surface area contributed by atoms with E-state index in [0.717, 1.165) is 18.2 Å². The van der Waals surface area contributed by atoms with Gasteiger partial charge in [-0.15, -0.1) is 0 Å². The van der Waals surface area contributed by atoms with Crippen LogP contribution >= 0.6 is 0 Å². The molecule has 0 aliphatic heterocycles. The van der Waals surface area contributed by atoms with Crippen LogP contribution in [-0.2, 0) is 11.3 Å². The molecule has 0 bridgehead atoms. The smallest absolute Gasteiger partial charge is 0.352 e. The zero-order chi connectivity index (χ0) is 17.0. The first-order valence-corrected chi connectivity index (χ1v) is 7.71. The first-order valence-electron chi connectivity index (χ1n) is 7.71. The molecule has 1 aromatic heterocycles. The highest BCUT2D eigenvalue weighted by Crippen LogP contribution is 2.27. The molecule has 1 aromatic carbocycles. The van der Waals surface area contributed by atoms with Crippen LogP contribution in [-0.4, -0.2) is 29.1 Å². The minimum absolute atomic E-state index is 0.0522. The van der Waals surface area contributed by atoms with Crippen LogP contribution in [0.1, 0.15) is 42.7 Å².